The van der Waals surface area contributed by atoms with E-state index in [0.717, 1.165) is 23.4 Å². The highest BCUT2D eigenvalue weighted by atomic mass is 32.2. The first kappa shape index (κ1) is 15.5. The fraction of sp³-hybridized carbons (Fsp3) is 0.308. The summed E-state index contributed by atoms with van der Waals surface area (Å²) in [5.74, 6) is -0.835. The van der Waals surface area contributed by atoms with Gasteiger partial charge in [0.25, 0.3) is 0 Å². The minimum absolute atomic E-state index is 0.0492. The lowest BCUT2D eigenvalue weighted by Crippen LogP contribution is -2.24. The molecule has 114 valence electrons. The largest absolute Gasteiger partial charge is 0.399 e. The molecule has 0 amide bonds. The Hall–Kier alpha value is -1.93. The molecule has 8 heteroatoms. The first-order valence-electron chi connectivity index (χ1n) is 6.39. The molecule has 0 bridgehead atoms. The van der Waals surface area contributed by atoms with Crippen LogP contribution in [0.2, 0.25) is 0 Å². The average Bonchev–Trinajstić information content (AvgIpc) is 2.79. The van der Waals surface area contributed by atoms with Crippen molar-refractivity contribution < 1.29 is 12.8 Å². The summed E-state index contributed by atoms with van der Waals surface area (Å²) in [6, 6.07) is 3.44. The van der Waals surface area contributed by atoms with Gasteiger partial charge < -0.3 is 5.73 Å². The molecule has 3 N–H and O–H groups in total. The van der Waals surface area contributed by atoms with Crippen LogP contribution in [0, 0.1) is 5.82 Å². The Bertz CT molecular complexity index is 756. The molecule has 0 aliphatic heterocycles. The van der Waals surface area contributed by atoms with Crippen molar-refractivity contribution in [2.75, 3.05) is 5.73 Å². The number of nitrogens with zero attached hydrogens (tertiary/aromatic N) is 2. The van der Waals surface area contributed by atoms with E-state index < -0.39 is 20.7 Å². The van der Waals surface area contributed by atoms with Crippen LogP contribution in [0.15, 0.2) is 29.3 Å². The van der Waals surface area contributed by atoms with Gasteiger partial charge >= 0.3 is 0 Å². The van der Waals surface area contributed by atoms with E-state index in [9.17, 15) is 12.8 Å². The van der Waals surface area contributed by atoms with Gasteiger partial charge in [0.1, 0.15) is 10.7 Å². The molecule has 0 radical (unpaired) electrons. The molecule has 0 fully saturated rings. The Labute approximate surface area is 122 Å². The highest BCUT2D eigenvalue weighted by molar-refractivity contribution is 7.89. The van der Waals surface area contributed by atoms with Gasteiger partial charge in [-0.1, -0.05) is 6.92 Å². The van der Waals surface area contributed by atoms with Crippen LogP contribution in [0.5, 0.6) is 0 Å². The zero-order valence-corrected chi connectivity index (χ0v) is 12.6. The molecule has 0 saturated carbocycles. The van der Waals surface area contributed by atoms with E-state index in [2.05, 4.69) is 9.82 Å². The van der Waals surface area contributed by atoms with Crippen LogP contribution >= 0.6 is 0 Å². The fourth-order valence-corrected chi connectivity index (χ4v) is 3.12. The van der Waals surface area contributed by atoms with Crippen molar-refractivity contribution in [3.8, 4) is 0 Å². The van der Waals surface area contributed by atoms with Gasteiger partial charge in [0.2, 0.25) is 10.0 Å². The second kappa shape index (κ2) is 5.82. The number of halogens is 1. The SMILES string of the molecule is CCc1nn(C)cc1CNS(=O)(=O)c1cc(N)ccc1F. The molecule has 6 nitrogen and oxygen atoms in total. The van der Waals surface area contributed by atoms with E-state index >= 15 is 0 Å². The summed E-state index contributed by atoms with van der Waals surface area (Å²) in [6.07, 6.45) is 2.42. The summed E-state index contributed by atoms with van der Waals surface area (Å²) in [5.41, 5.74) is 7.25. The maximum Gasteiger partial charge on any atom is 0.243 e. The lowest BCUT2D eigenvalue weighted by molar-refractivity contribution is 0.557. The molecule has 0 aliphatic rings. The van der Waals surface area contributed by atoms with E-state index in [-0.39, 0.29) is 12.2 Å². The number of nitrogens with one attached hydrogen (secondary N) is 1. The number of hydrogen-bond donors (Lipinski definition) is 2. The predicted molar refractivity (Wildman–Crippen MR) is 77.4 cm³/mol. The second-order valence-corrected chi connectivity index (χ2v) is 6.38. The molecule has 0 spiro atoms. The quantitative estimate of drug-likeness (QED) is 0.811. The number of aryl methyl sites for hydroxylation is 2. The van der Waals surface area contributed by atoms with E-state index in [1.165, 1.54) is 6.07 Å². The van der Waals surface area contributed by atoms with Crippen molar-refractivity contribution in [1.82, 2.24) is 14.5 Å². The van der Waals surface area contributed by atoms with Crippen molar-refractivity contribution >= 4 is 15.7 Å². The van der Waals surface area contributed by atoms with Gasteiger partial charge in [-0.25, -0.2) is 17.5 Å². The van der Waals surface area contributed by atoms with Gasteiger partial charge in [0.15, 0.2) is 0 Å². The van der Waals surface area contributed by atoms with Crippen molar-refractivity contribution in [3.63, 3.8) is 0 Å². The Kier molecular flexibility index (Phi) is 4.29. The smallest absolute Gasteiger partial charge is 0.243 e. The van der Waals surface area contributed by atoms with Crippen molar-refractivity contribution in [3.05, 3.63) is 41.5 Å². The summed E-state index contributed by atoms with van der Waals surface area (Å²) >= 11 is 0. The summed E-state index contributed by atoms with van der Waals surface area (Å²) in [4.78, 5) is -0.454. The molecule has 0 saturated heterocycles. The maximum absolute atomic E-state index is 13.6. The van der Waals surface area contributed by atoms with Crippen LogP contribution in [0.25, 0.3) is 0 Å². The topological polar surface area (TPSA) is 90.0 Å². The van der Waals surface area contributed by atoms with Crippen LogP contribution in [-0.4, -0.2) is 18.2 Å². The third kappa shape index (κ3) is 3.40. The van der Waals surface area contributed by atoms with Crippen molar-refractivity contribution in [1.29, 1.82) is 0 Å². The number of benzene rings is 1. The monoisotopic (exact) mass is 312 g/mol. The van der Waals surface area contributed by atoms with Crippen molar-refractivity contribution in [2.24, 2.45) is 7.05 Å². The van der Waals surface area contributed by atoms with E-state index in [4.69, 9.17) is 5.73 Å². The summed E-state index contributed by atoms with van der Waals surface area (Å²) < 4.78 is 41.9. The zero-order chi connectivity index (χ0) is 15.6. The molecular weight excluding hydrogens is 295 g/mol. The van der Waals surface area contributed by atoms with Gasteiger partial charge in [-0.2, -0.15) is 5.10 Å². The maximum atomic E-state index is 13.6. The molecule has 1 aromatic heterocycles. The fourth-order valence-electron chi connectivity index (χ4n) is 2.01. The minimum Gasteiger partial charge on any atom is -0.399 e. The van der Waals surface area contributed by atoms with Crippen molar-refractivity contribution in [2.45, 2.75) is 24.8 Å². The Morgan fingerprint density at radius 1 is 1.43 bits per heavy atom. The van der Waals surface area contributed by atoms with Crippen LogP contribution in [0.4, 0.5) is 10.1 Å². The molecule has 21 heavy (non-hydrogen) atoms. The van der Waals surface area contributed by atoms with E-state index in [1.54, 1.807) is 17.9 Å². The number of rotatable bonds is 5. The van der Waals surface area contributed by atoms with E-state index in [0.29, 0.717) is 6.42 Å². The Balaban J connectivity index is 2.23. The molecule has 1 heterocycles. The molecule has 0 atom stereocenters. The standard InChI is InChI=1S/C13H17FN4O2S/c1-3-12-9(8-18(2)17-12)7-16-21(19,20)13-6-10(15)4-5-11(13)14/h4-6,8,16H,3,7,15H2,1-2H3. The predicted octanol–water partition coefficient (Wildman–Crippen LogP) is 1.18. The van der Waals surface area contributed by atoms with Crippen LogP contribution < -0.4 is 10.5 Å². The molecule has 2 rings (SSSR count). The molecular formula is C13H17FN4O2S. The first-order chi connectivity index (χ1) is 9.83. The lowest BCUT2D eigenvalue weighted by atomic mass is 10.2. The molecule has 0 aliphatic carbocycles. The van der Waals surface area contributed by atoms with Crippen LogP contribution in [0.1, 0.15) is 18.2 Å². The summed E-state index contributed by atoms with van der Waals surface area (Å²) in [5, 5.41) is 4.22. The second-order valence-electron chi connectivity index (χ2n) is 4.64. The Morgan fingerprint density at radius 2 is 2.14 bits per heavy atom. The van der Waals surface area contributed by atoms with Gasteiger partial charge in [0.05, 0.1) is 5.69 Å². The third-order valence-electron chi connectivity index (χ3n) is 3.02. The number of anilines is 1. The third-order valence-corrected chi connectivity index (χ3v) is 4.44. The molecule has 0 unspecified atom stereocenters. The van der Waals surface area contributed by atoms with Gasteiger partial charge in [-0.15, -0.1) is 0 Å². The average molecular weight is 312 g/mol. The molecule has 1 aromatic carbocycles. The van der Waals surface area contributed by atoms with E-state index in [1.807, 2.05) is 6.92 Å². The van der Waals surface area contributed by atoms with Crippen LogP contribution in [0.3, 0.4) is 0 Å². The normalized spacial score (nSPS) is 11.8. The number of sulfonamides is 1. The van der Waals surface area contributed by atoms with Crippen LogP contribution in [-0.2, 0) is 30.0 Å². The lowest BCUT2D eigenvalue weighted by Gasteiger charge is -2.08. The summed E-state index contributed by atoms with van der Waals surface area (Å²) in [7, 11) is -2.21. The Morgan fingerprint density at radius 3 is 2.81 bits per heavy atom. The number of hydrogen-bond acceptors (Lipinski definition) is 4. The highest BCUT2D eigenvalue weighted by Gasteiger charge is 2.20. The van der Waals surface area contributed by atoms with Gasteiger partial charge in [-0.3, -0.25) is 4.68 Å². The van der Waals surface area contributed by atoms with Gasteiger partial charge in [0, 0.05) is 31.0 Å². The zero-order valence-electron chi connectivity index (χ0n) is 11.8. The van der Waals surface area contributed by atoms with Gasteiger partial charge in [-0.05, 0) is 24.6 Å². The number of aromatic nitrogens is 2. The molecule has 2 aromatic rings. The number of nitrogens with two attached hydrogens (primary N) is 1. The number of nitrogen functional groups attached to an aromatic ring is 1. The minimum atomic E-state index is -3.97. The first-order valence-corrected chi connectivity index (χ1v) is 7.88. The highest BCUT2D eigenvalue weighted by Crippen LogP contribution is 2.18. The summed E-state index contributed by atoms with van der Waals surface area (Å²) in [6.45, 7) is 1.98.